The fourth-order valence-electron chi connectivity index (χ4n) is 1.30. The van der Waals surface area contributed by atoms with Crippen LogP contribution in [0.15, 0.2) is 24.3 Å². The monoisotopic (exact) mass is 257 g/mol. The van der Waals surface area contributed by atoms with Crippen LogP contribution in [-0.4, -0.2) is 15.3 Å². The minimum atomic E-state index is -0.217. The predicted octanol–water partition coefficient (Wildman–Crippen LogP) is 2.99. The highest BCUT2D eigenvalue weighted by Crippen LogP contribution is 2.17. The first kappa shape index (κ1) is 11.3. The van der Waals surface area contributed by atoms with Crippen molar-refractivity contribution in [2.75, 3.05) is 11.9 Å². The summed E-state index contributed by atoms with van der Waals surface area (Å²) in [6, 6.07) is 6.52. The van der Waals surface area contributed by atoms with E-state index in [-0.39, 0.29) is 5.82 Å². The van der Waals surface area contributed by atoms with Crippen molar-refractivity contribution >= 4 is 29.1 Å². The maximum atomic E-state index is 12.9. The zero-order chi connectivity index (χ0) is 11.4. The molecule has 84 valence electrons. The molecule has 0 atom stereocenters. The van der Waals surface area contributed by atoms with Crippen LogP contribution in [0, 0.1) is 5.82 Å². The van der Waals surface area contributed by atoms with Gasteiger partial charge in [-0.1, -0.05) is 23.7 Å². The van der Waals surface area contributed by atoms with E-state index in [1.807, 2.05) is 6.07 Å². The van der Waals surface area contributed by atoms with Crippen LogP contribution in [0.4, 0.5) is 10.2 Å². The van der Waals surface area contributed by atoms with Gasteiger partial charge in [-0.15, -0.1) is 0 Å². The maximum Gasteiger partial charge on any atom is 0.186 e. The summed E-state index contributed by atoms with van der Waals surface area (Å²) in [6.07, 6.45) is 0.714. The molecule has 1 heterocycles. The Hall–Kier alpha value is -1.20. The van der Waals surface area contributed by atoms with Gasteiger partial charge in [-0.2, -0.15) is 8.75 Å². The molecule has 3 nitrogen and oxygen atoms in total. The predicted molar refractivity (Wildman–Crippen MR) is 63.5 cm³/mol. The first-order valence-electron chi connectivity index (χ1n) is 4.72. The number of nitrogens with zero attached hydrogens (tertiary/aromatic N) is 2. The second-order valence-corrected chi connectivity index (χ2v) is 4.10. The molecule has 0 radical (unpaired) electrons. The summed E-state index contributed by atoms with van der Waals surface area (Å²) in [7, 11) is 0. The van der Waals surface area contributed by atoms with Crippen molar-refractivity contribution < 1.29 is 4.39 Å². The largest absolute Gasteiger partial charge is 0.366 e. The van der Waals surface area contributed by atoms with Crippen molar-refractivity contribution in [2.45, 2.75) is 6.42 Å². The number of aromatic nitrogens is 2. The first-order valence-corrected chi connectivity index (χ1v) is 5.83. The Balaban J connectivity index is 1.87. The zero-order valence-electron chi connectivity index (χ0n) is 8.28. The smallest absolute Gasteiger partial charge is 0.186 e. The molecule has 1 N–H and O–H groups in total. The fraction of sp³-hybridized carbons (Fsp3) is 0.200. The van der Waals surface area contributed by atoms with Gasteiger partial charge in [0.15, 0.2) is 11.0 Å². The molecule has 0 aliphatic carbocycles. The molecule has 1 aromatic carbocycles. The number of hydrogen-bond acceptors (Lipinski definition) is 4. The van der Waals surface area contributed by atoms with Crippen molar-refractivity contribution in [3.05, 3.63) is 40.8 Å². The number of rotatable bonds is 4. The SMILES string of the molecule is Fc1cccc(CCNc2nsnc2Cl)c1. The summed E-state index contributed by atoms with van der Waals surface area (Å²) < 4.78 is 20.7. The molecular formula is C10H9ClFN3S. The molecule has 2 rings (SSSR count). The molecule has 0 amide bonds. The standard InChI is InChI=1S/C10H9ClFN3S/c11-9-10(15-16-14-9)13-5-4-7-2-1-3-8(12)6-7/h1-3,6H,4-5H2,(H,13,15). The van der Waals surface area contributed by atoms with Gasteiger partial charge >= 0.3 is 0 Å². The van der Waals surface area contributed by atoms with Crippen LogP contribution in [0.25, 0.3) is 0 Å². The van der Waals surface area contributed by atoms with Gasteiger partial charge in [0.05, 0.1) is 11.7 Å². The summed E-state index contributed by atoms with van der Waals surface area (Å²) in [6.45, 7) is 0.647. The van der Waals surface area contributed by atoms with Crippen LogP contribution in [0.1, 0.15) is 5.56 Å². The molecule has 16 heavy (non-hydrogen) atoms. The van der Waals surface area contributed by atoms with Gasteiger partial charge in [-0.05, 0) is 24.1 Å². The third kappa shape index (κ3) is 2.90. The van der Waals surface area contributed by atoms with E-state index >= 15 is 0 Å². The fourth-order valence-corrected chi connectivity index (χ4v) is 1.98. The lowest BCUT2D eigenvalue weighted by Gasteiger charge is -2.03. The number of benzene rings is 1. The average molecular weight is 258 g/mol. The molecule has 0 unspecified atom stereocenters. The Morgan fingerprint density at radius 2 is 2.25 bits per heavy atom. The molecule has 2 aromatic rings. The minimum Gasteiger partial charge on any atom is -0.366 e. The van der Waals surface area contributed by atoms with E-state index in [2.05, 4.69) is 14.1 Å². The quantitative estimate of drug-likeness (QED) is 0.915. The Morgan fingerprint density at radius 1 is 1.38 bits per heavy atom. The summed E-state index contributed by atoms with van der Waals surface area (Å²) in [5.41, 5.74) is 0.937. The Labute approximate surface area is 102 Å². The molecule has 0 bridgehead atoms. The second kappa shape index (κ2) is 5.23. The van der Waals surface area contributed by atoms with Crippen molar-refractivity contribution in [2.24, 2.45) is 0 Å². The number of anilines is 1. The van der Waals surface area contributed by atoms with Crippen molar-refractivity contribution in [1.29, 1.82) is 0 Å². The van der Waals surface area contributed by atoms with Gasteiger partial charge in [0.2, 0.25) is 0 Å². The highest BCUT2D eigenvalue weighted by Gasteiger charge is 2.03. The van der Waals surface area contributed by atoms with E-state index in [1.165, 1.54) is 12.1 Å². The molecule has 0 saturated heterocycles. The van der Waals surface area contributed by atoms with Crippen LogP contribution in [0.5, 0.6) is 0 Å². The normalized spacial score (nSPS) is 10.4. The van der Waals surface area contributed by atoms with Crippen molar-refractivity contribution in [1.82, 2.24) is 8.75 Å². The molecule has 0 aliphatic heterocycles. The van der Waals surface area contributed by atoms with E-state index in [0.717, 1.165) is 17.3 Å². The Morgan fingerprint density at radius 3 is 2.94 bits per heavy atom. The van der Waals surface area contributed by atoms with E-state index in [9.17, 15) is 4.39 Å². The van der Waals surface area contributed by atoms with Crippen LogP contribution in [0.3, 0.4) is 0 Å². The Bertz CT molecular complexity index is 475. The average Bonchev–Trinajstić information content (AvgIpc) is 2.65. The van der Waals surface area contributed by atoms with Gasteiger partial charge in [0, 0.05) is 6.54 Å². The molecule has 0 aliphatic rings. The lowest BCUT2D eigenvalue weighted by atomic mass is 10.1. The maximum absolute atomic E-state index is 12.9. The minimum absolute atomic E-state index is 0.217. The summed E-state index contributed by atoms with van der Waals surface area (Å²) >= 11 is 6.82. The highest BCUT2D eigenvalue weighted by atomic mass is 35.5. The van der Waals surface area contributed by atoms with E-state index < -0.39 is 0 Å². The lowest BCUT2D eigenvalue weighted by Crippen LogP contribution is -2.05. The molecule has 0 fully saturated rings. The van der Waals surface area contributed by atoms with Gasteiger partial charge in [-0.3, -0.25) is 0 Å². The van der Waals surface area contributed by atoms with Crippen molar-refractivity contribution in [3.8, 4) is 0 Å². The topological polar surface area (TPSA) is 37.8 Å². The number of hydrogen-bond donors (Lipinski definition) is 1. The van der Waals surface area contributed by atoms with E-state index in [1.54, 1.807) is 6.07 Å². The first-order chi connectivity index (χ1) is 7.75. The summed E-state index contributed by atoms with van der Waals surface area (Å²) in [5, 5.41) is 3.42. The van der Waals surface area contributed by atoms with Crippen LogP contribution in [-0.2, 0) is 6.42 Å². The van der Waals surface area contributed by atoms with Crippen LogP contribution < -0.4 is 5.32 Å². The molecular weight excluding hydrogens is 249 g/mol. The van der Waals surface area contributed by atoms with Gasteiger partial charge in [0.1, 0.15) is 5.82 Å². The van der Waals surface area contributed by atoms with Crippen LogP contribution >= 0.6 is 23.3 Å². The molecule has 1 aromatic heterocycles. The summed E-state index contributed by atoms with van der Waals surface area (Å²) in [4.78, 5) is 0. The number of nitrogens with one attached hydrogen (secondary N) is 1. The van der Waals surface area contributed by atoms with E-state index in [0.29, 0.717) is 23.9 Å². The van der Waals surface area contributed by atoms with Crippen LogP contribution in [0.2, 0.25) is 5.15 Å². The molecule has 6 heteroatoms. The zero-order valence-corrected chi connectivity index (χ0v) is 9.85. The third-order valence-corrected chi connectivity index (χ3v) is 2.94. The number of halogens is 2. The Kier molecular flexibility index (Phi) is 3.69. The molecule has 0 spiro atoms. The van der Waals surface area contributed by atoms with Gasteiger partial charge in [-0.25, -0.2) is 4.39 Å². The van der Waals surface area contributed by atoms with E-state index in [4.69, 9.17) is 11.6 Å². The lowest BCUT2D eigenvalue weighted by molar-refractivity contribution is 0.625. The highest BCUT2D eigenvalue weighted by molar-refractivity contribution is 6.99. The van der Waals surface area contributed by atoms with Gasteiger partial charge in [0.25, 0.3) is 0 Å². The molecule has 0 saturated carbocycles. The third-order valence-electron chi connectivity index (χ3n) is 2.04. The second-order valence-electron chi connectivity index (χ2n) is 3.21. The van der Waals surface area contributed by atoms with Crippen molar-refractivity contribution in [3.63, 3.8) is 0 Å². The van der Waals surface area contributed by atoms with Gasteiger partial charge < -0.3 is 5.32 Å². The summed E-state index contributed by atoms with van der Waals surface area (Å²) in [5.74, 6) is 0.369.